The van der Waals surface area contributed by atoms with Crippen LogP contribution in [0.2, 0.25) is 0 Å². The van der Waals surface area contributed by atoms with E-state index >= 15 is 0 Å². The predicted octanol–water partition coefficient (Wildman–Crippen LogP) is 2.74. The number of hydrogen-bond acceptors (Lipinski definition) is 6. The smallest absolute Gasteiger partial charge is 0.313 e. The Hall–Kier alpha value is -3.62. The van der Waals surface area contributed by atoms with Crippen LogP contribution < -0.4 is 20.1 Å². The second kappa shape index (κ2) is 10.1. The molecule has 0 spiro atoms. The third kappa shape index (κ3) is 4.83. The van der Waals surface area contributed by atoms with Crippen LogP contribution in [0.1, 0.15) is 11.6 Å². The highest BCUT2D eigenvalue weighted by molar-refractivity contribution is 6.39. The number of anilines is 1. The summed E-state index contributed by atoms with van der Waals surface area (Å²) in [5.74, 6) is -0.242. The molecule has 2 aliphatic heterocycles. The van der Waals surface area contributed by atoms with Crippen molar-refractivity contribution in [3.63, 3.8) is 0 Å². The Morgan fingerprint density at radius 3 is 2.47 bits per heavy atom. The maximum absolute atomic E-state index is 12.7. The summed E-state index contributed by atoms with van der Waals surface area (Å²) in [6.07, 6.45) is 0. The van der Waals surface area contributed by atoms with Gasteiger partial charge in [-0.05, 0) is 28.5 Å². The summed E-state index contributed by atoms with van der Waals surface area (Å²) in [7, 11) is 0. The van der Waals surface area contributed by atoms with Crippen LogP contribution in [-0.4, -0.2) is 62.8 Å². The van der Waals surface area contributed by atoms with E-state index in [1.807, 2.05) is 18.2 Å². The van der Waals surface area contributed by atoms with Gasteiger partial charge in [-0.2, -0.15) is 0 Å². The first kappa shape index (κ1) is 22.2. The molecule has 1 atom stereocenters. The minimum Gasteiger partial charge on any atom is -0.486 e. The summed E-state index contributed by atoms with van der Waals surface area (Å²) in [6.45, 7) is 4.03. The molecule has 0 bridgehead atoms. The van der Waals surface area contributed by atoms with Gasteiger partial charge in [0, 0.05) is 31.4 Å². The van der Waals surface area contributed by atoms with Gasteiger partial charge in [0.05, 0.1) is 19.3 Å². The van der Waals surface area contributed by atoms with Gasteiger partial charge in [-0.1, -0.05) is 42.5 Å². The Morgan fingerprint density at radius 2 is 1.62 bits per heavy atom. The fourth-order valence-corrected chi connectivity index (χ4v) is 4.44. The highest BCUT2D eigenvalue weighted by Gasteiger charge is 2.26. The van der Waals surface area contributed by atoms with E-state index in [0.29, 0.717) is 50.2 Å². The van der Waals surface area contributed by atoms with Gasteiger partial charge in [-0.25, -0.2) is 0 Å². The van der Waals surface area contributed by atoms with Crippen molar-refractivity contribution in [1.29, 1.82) is 0 Å². The van der Waals surface area contributed by atoms with Crippen molar-refractivity contribution in [2.24, 2.45) is 0 Å². The van der Waals surface area contributed by atoms with E-state index in [-0.39, 0.29) is 6.04 Å². The van der Waals surface area contributed by atoms with E-state index < -0.39 is 11.8 Å². The molecule has 2 heterocycles. The first-order valence-corrected chi connectivity index (χ1v) is 11.5. The Labute approximate surface area is 197 Å². The molecule has 3 aromatic rings. The van der Waals surface area contributed by atoms with Crippen molar-refractivity contribution in [2.45, 2.75) is 6.04 Å². The van der Waals surface area contributed by atoms with E-state index in [1.54, 1.807) is 18.2 Å². The van der Waals surface area contributed by atoms with Gasteiger partial charge >= 0.3 is 11.8 Å². The van der Waals surface area contributed by atoms with Crippen LogP contribution in [0.15, 0.2) is 60.7 Å². The predicted molar refractivity (Wildman–Crippen MR) is 128 cm³/mol. The zero-order chi connectivity index (χ0) is 23.3. The minimum atomic E-state index is -0.727. The fourth-order valence-electron chi connectivity index (χ4n) is 4.44. The van der Waals surface area contributed by atoms with Crippen molar-refractivity contribution in [1.82, 2.24) is 10.2 Å². The number of carbonyl (C=O) groups excluding carboxylic acids is 2. The summed E-state index contributed by atoms with van der Waals surface area (Å²) in [4.78, 5) is 27.6. The van der Waals surface area contributed by atoms with E-state index in [2.05, 4.69) is 39.8 Å². The molecule has 0 aliphatic carbocycles. The second-order valence-electron chi connectivity index (χ2n) is 8.26. The van der Waals surface area contributed by atoms with Crippen LogP contribution in [0.4, 0.5) is 5.69 Å². The molecule has 0 unspecified atom stereocenters. The quantitative estimate of drug-likeness (QED) is 0.568. The minimum absolute atomic E-state index is 0.0824. The lowest BCUT2D eigenvalue weighted by molar-refractivity contribution is -0.136. The van der Waals surface area contributed by atoms with Crippen molar-refractivity contribution < 1.29 is 23.8 Å². The molecule has 5 rings (SSSR count). The summed E-state index contributed by atoms with van der Waals surface area (Å²) in [5, 5.41) is 7.76. The first-order chi connectivity index (χ1) is 16.7. The monoisotopic (exact) mass is 461 g/mol. The molecular weight excluding hydrogens is 434 g/mol. The average Bonchev–Trinajstić information content (AvgIpc) is 2.89. The Bertz CT molecular complexity index is 1190. The topological polar surface area (TPSA) is 89.1 Å². The standard InChI is InChI=1S/C26H27N3O5/c30-25(26(31)28-19-8-9-23-24(16-19)34-15-14-33-23)27-17-22(29-10-12-32-13-11-29)21-7-3-5-18-4-1-2-6-20(18)21/h1-9,16,22H,10-15,17H2,(H,27,30)(H,28,31)/t22-/m1/s1. The molecular formula is C26H27N3O5. The van der Waals surface area contributed by atoms with Gasteiger partial charge in [0.1, 0.15) is 13.2 Å². The number of benzene rings is 3. The third-order valence-corrected chi connectivity index (χ3v) is 6.13. The number of nitrogens with zero attached hydrogens (tertiary/aromatic N) is 1. The molecule has 0 radical (unpaired) electrons. The van der Waals surface area contributed by atoms with E-state index in [0.717, 1.165) is 29.4 Å². The highest BCUT2D eigenvalue weighted by Crippen LogP contribution is 2.32. The number of carbonyl (C=O) groups is 2. The lowest BCUT2D eigenvalue weighted by Crippen LogP contribution is -2.45. The molecule has 1 fully saturated rings. The van der Waals surface area contributed by atoms with E-state index in [1.165, 1.54) is 0 Å². The molecule has 34 heavy (non-hydrogen) atoms. The Kier molecular flexibility index (Phi) is 6.60. The largest absolute Gasteiger partial charge is 0.486 e. The number of fused-ring (bicyclic) bond motifs is 2. The maximum Gasteiger partial charge on any atom is 0.313 e. The molecule has 0 saturated carbocycles. The lowest BCUT2D eigenvalue weighted by atomic mass is 9.97. The van der Waals surface area contributed by atoms with Crippen molar-refractivity contribution in [2.75, 3.05) is 51.4 Å². The Morgan fingerprint density at radius 1 is 0.853 bits per heavy atom. The van der Waals surface area contributed by atoms with Crippen LogP contribution in [-0.2, 0) is 14.3 Å². The summed E-state index contributed by atoms with van der Waals surface area (Å²) in [6, 6.07) is 19.4. The molecule has 0 aromatic heterocycles. The van der Waals surface area contributed by atoms with Gasteiger partial charge < -0.3 is 24.8 Å². The molecule has 2 amide bonds. The zero-order valence-corrected chi connectivity index (χ0v) is 18.8. The molecule has 8 heteroatoms. The van der Waals surface area contributed by atoms with Gasteiger partial charge in [0.25, 0.3) is 0 Å². The van der Waals surface area contributed by atoms with Crippen LogP contribution in [0.5, 0.6) is 11.5 Å². The average molecular weight is 462 g/mol. The maximum atomic E-state index is 12.7. The van der Waals surface area contributed by atoms with Crippen molar-refractivity contribution in [3.8, 4) is 11.5 Å². The Balaban J connectivity index is 1.30. The first-order valence-electron chi connectivity index (χ1n) is 11.5. The summed E-state index contributed by atoms with van der Waals surface area (Å²) < 4.78 is 16.6. The normalized spacial score (nSPS) is 16.6. The van der Waals surface area contributed by atoms with Gasteiger partial charge in [-0.3, -0.25) is 14.5 Å². The van der Waals surface area contributed by atoms with Gasteiger partial charge in [0.15, 0.2) is 11.5 Å². The number of amides is 2. The SMILES string of the molecule is O=C(NC[C@H](c1cccc2ccccc12)N1CCOCC1)C(=O)Nc1ccc2c(c1)OCCO2. The van der Waals surface area contributed by atoms with Crippen LogP contribution >= 0.6 is 0 Å². The van der Waals surface area contributed by atoms with Crippen molar-refractivity contribution >= 4 is 28.3 Å². The molecule has 3 aromatic carbocycles. The van der Waals surface area contributed by atoms with Gasteiger partial charge in [0.2, 0.25) is 0 Å². The molecule has 8 nitrogen and oxygen atoms in total. The second-order valence-corrected chi connectivity index (χ2v) is 8.26. The molecule has 2 aliphatic rings. The van der Waals surface area contributed by atoms with Gasteiger partial charge in [-0.15, -0.1) is 0 Å². The van der Waals surface area contributed by atoms with E-state index in [4.69, 9.17) is 14.2 Å². The number of nitrogens with one attached hydrogen (secondary N) is 2. The number of ether oxygens (including phenoxy) is 3. The number of rotatable bonds is 5. The van der Waals surface area contributed by atoms with Crippen molar-refractivity contribution in [3.05, 3.63) is 66.2 Å². The molecule has 176 valence electrons. The fraction of sp³-hybridized carbons (Fsp3) is 0.308. The summed E-state index contributed by atoms with van der Waals surface area (Å²) >= 11 is 0. The van der Waals surface area contributed by atoms with E-state index in [9.17, 15) is 9.59 Å². The van der Waals surface area contributed by atoms with Crippen LogP contribution in [0.25, 0.3) is 10.8 Å². The number of hydrogen-bond donors (Lipinski definition) is 2. The van der Waals surface area contributed by atoms with Crippen LogP contribution in [0, 0.1) is 0 Å². The lowest BCUT2D eigenvalue weighted by Gasteiger charge is -2.35. The molecule has 1 saturated heterocycles. The third-order valence-electron chi connectivity index (χ3n) is 6.13. The highest BCUT2D eigenvalue weighted by atomic mass is 16.6. The number of morpholine rings is 1. The van der Waals surface area contributed by atoms with Crippen LogP contribution in [0.3, 0.4) is 0 Å². The molecule has 2 N–H and O–H groups in total. The summed E-state index contributed by atoms with van der Waals surface area (Å²) in [5.41, 5.74) is 1.59. The zero-order valence-electron chi connectivity index (χ0n) is 18.8.